The van der Waals surface area contributed by atoms with E-state index in [0.717, 1.165) is 22.4 Å². The number of oxazole rings is 1. The molecule has 0 saturated carbocycles. The molecule has 25 heavy (non-hydrogen) atoms. The van der Waals surface area contributed by atoms with E-state index in [1.807, 2.05) is 56.3 Å². The van der Waals surface area contributed by atoms with E-state index in [1.165, 1.54) is 0 Å². The molecule has 1 heterocycles. The first kappa shape index (κ1) is 17.5. The number of amides is 1. The normalized spacial score (nSPS) is 11.2. The molecular weight excluding hydrogens is 336 g/mol. The third-order valence-corrected chi connectivity index (χ3v) is 4.44. The molecule has 3 aromatic rings. The van der Waals surface area contributed by atoms with Crippen LogP contribution < -0.4 is 4.90 Å². The fraction of sp³-hybridized carbons (Fsp3) is 0.300. The number of carbonyl (C=O) groups is 1. The van der Waals surface area contributed by atoms with Gasteiger partial charge in [0.1, 0.15) is 5.52 Å². The molecular formula is C20H21ClN2O2. The SMILES string of the molecule is CC(C)c1nc2cc(N(C)C(=O)CCc3ccc(Cl)cc3)ccc2o1. The predicted octanol–water partition coefficient (Wildman–Crippen LogP) is 5.20. The summed E-state index contributed by atoms with van der Waals surface area (Å²) in [4.78, 5) is 18.7. The molecule has 1 aromatic heterocycles. The molecule has 0 bridgehead atoms. The van der Waals surface area contributed by atoms with Gasteiger partial charge in [0, 0.05) is 30.1 Å². The van der Waals surface area contributed by atoms with E-state index in [-0.39, 0.29) is 11.8 Å². The maximum Gasteiger partial charge on any atom is 0.227 e. The molecule has 0 spiro atoms. The Morgan fingerprint density at radius 2 is 1.92 bits per heavy atom. The first-order chi connectivity index (χ1) is 11.9. The Morgan fingerprint density at radius 1 is 1.20 bits per heavy atom. The van der Waals surface area contributed by atoms with Crippen LogP contribution in [0.15, 0.2) is 46.9 Å². The minimum absolute atomic E-state index is 0.0573. The van der Waals surface area contributed by atoms with Gasteiger partial charge in [-0.05, 0) is 42.3 Å². The smallest absolute Gasteiger partial charge is 0.227 e. The third-order valence-electron chi connectivity index (χ3n) is 4.18. The van der Waals surface area contributed by atoms with Crippen molar-refractivity contribution in [3.05, 3.63) is 58.9 Å². The second-order valence-electron chi connectivity index (χ2n) is 6.44. The number of rotatable bonds is 5. The molecule has 1 amide bonds. The van der Waals surface area contributed by atoms with Gasteiger partial charge < -0.3 is 9.32 Å². The maximum atomic E-state index is 12.5. The van der Waals surface area contributed by atoms with Crippen LogP contribution in [-0.4, -0.2) is 17.9 Å². The topological polar surface area (TPSA) is 46.3 Å². The highest BCUT2D eigenvalue weighted by Crippen LogP contribution is 2.25. The number of aryl methyl sites for hydroxylation is 1. The Balaban J connectivity index is 1.70. The van der Waals surface area contributed by atoms with Crippen molar-refractivity contribution < 1.29 is 9.21 Å². The van der Waals surface area contributed by atoms with E-state index in [0.29, 0.717) is 23.8 Å². The van der Waals surface area contributed by atoms with Gasteiger partial charge in [0.15, 0.2) is 11.5 Å². The number of hydrogen-bond donors (Lipinski definition) is 0. The zero-order valence-electron chi connectivity index (χ0n) is 14.6. The molecule has 0 aliphatic carbocycles. The number of anilines is 1. The van der Waals surface area contributed by atoms with Crippen molar-refractivity contribution >= 4 is 34.3 Å². The van der Waals surface area contributed by atoms with Crippen molar-refractivity contribution in [1.82, 2.24) is 4.98 Å². The first-order valence-electron chi connectivity index (χ1n) is 8.35. The molecule has 130 valence electrons. The lowest BCUT2D eigenvalue weighted by atomic mass is 10.1. The zero-order chi connectivity index (χ0) is 18.0. The van der Waals surface area contributed by atoms with E-state index >= 15 is 0 Å². The lowest BCUT2D eigenvalue weighted by molar-refractivity contribution is -0.118. The Kier molecular flexibility index (Phi) is 5.09. The van der Waals surface area contributed by atoms with Gasteiger partial charge in [0.2, 0.25) is 5.91 Å². The first-order valence-corrected chi connectivity index (χ1v) is 8.73. The molecule has 0 saturated heterocycles. The monoisotopic (exact) mass is 356 g/mol. The fourth-order valence-electron chi connectivity index (χ4n) is 2.60. The highest BCUT2D eigenvalue weighted by Gasteiger charge is 2.14. The average molecular weight is 357 g/mol. The number of nitrogens with zero attached hydrogens (tertiary/aromatic N) is 2. The summed E-state index contributed by atoms with van der Waals surface area (Å²) in [5.41, 5.74) is 3.44. The Bertz CT molecular complexity index is 884. The van der Waals surface area contributed by atoms with Gasteiger partial charge in [-0.25, -0.2) is 4.98 Å². The third kappa shape index (κ3) is 4.02. The van der Waals surface area contributed by atoms with E-state index in [1.54, 1.807) is 11.9 Å². The number of hydrogen-bond acceptors (Lipinski definition) is 3. The Morgan fingerprint density at radius 3 is 2.60 bits per heavy atom. The van der Waals surface area contributed by atoms with Crippen LogP contribution in [0, 0.1) is 0 Å². The van der Waals surface area contributed by atoms with Gasteiger partial charge >= 0.3 is 0 Å². The van der Waals surface area contributed by atoms with Crippen molar-refractivity contribution in [3.8, 4) is 0 Å². The van der Waals surface area contributed by atoms with Gasteiger partial charge in [0.25, 0.3) is 0 Å². The van der Waals surface area contributed by atoms with Crippen LogP contribution in [0.1, 0.15) is 37.6 Å². The molecule has 2 aromatic carbocycles. The summed E-state index contributed by atoms with van der Waals surface area (Å²) in [5.74, 6) is 1.00. The predicted molar refractivity (Wildman–Crippen MR) is 101 cm³/mol. The highest BCUT2D eigenvalue weighted by atomic mass is 35.5. The summed E-state index contributed by atoms with van der Waals surface area (Å²) in [7, 11) is 1.79. The molecule has 3 rings (SSSR count). The van der Waals surface area contributed by atoms with Crippen molar-refractivity contribution in [2.75, 3.05) is 11.9 Å². The summed E-state index contributed by atoms with van der Waals surface area (Å²) < 4.78 is 5.71. The van der Waals surface area contributed by atoms with Crippen LogP contribution in [0.5, 0.6) is 0 Å². The van der Waals surface area contributed by atoms with Crippen molar-refractivity contribution in [3.63, 3.8) is 0 Å². The van der Waals surface area contributed by atoms with Gasteiger partial charge in [-0.3, -0.25) is 4.79 Å². The van der Waals surface area contributed by atoms with Gasteiger partial charge in [-0.15, -0.1) is 0 Å². The van der Waals surface area contributed by atoms with Crippen molar-refractivity contribution in [2.24, 2.45) is 0 Å². The van der Waals surface area contributed by atoms with Crippen LogP contribution in [0.25, 0.3) is 11.1 Å². The zero-order valence-corrected chi connectivity index (χ0v) is 15.4. The second kappa shape index (κ2) is 7.28. The molecule has 4 nitrogen and oxygen atoms in total. The fourth-order valence-corrected chi connectivity index (χ4v) is 2.73. The highest BCUT2D eigenvalue weighted by molar-refractivity contribution is 6.30. The average Bonchev–Trinajstić information content (AvgIpc) is 3.04. The van der Waals surface area contributed by atoms with E-state index in [9.17, 15) is 4.79 Å². The maximum absolute atomic E-state index is 12.5. The van der Waals surface area contributed by atoms with Gasteiger partial charge in [-0.1, -0.05) is 37.6 Å². The lowest BCUT2D eigenvalue weighted by Crippen LogP contribution is -2.26. The van der Waals surface area contributed by atoms with E-state index in [2.05, 4.69) is 4.98 Å². The molecule has 0 unspecified atom stereocenters. The lowest BCUT2D eigenvalue weighted by Gasteiger charge is -2.17. The van der Waals surface area contributed by atoms with Crippen LogP contribution in [0.4, 0.5) is 5.69 Å². The van der Waals surface area contributed by atoms with E-state index < -0.39 is 0 Å². The Hall–Kier alpha value is -2.33. The van der Waals surface area contributed by atoms with Gasteiger partial charge in [0.05, 0.1) is 0 Å². The molecule has 0 fully saturated rings. The quantitative estimate of drug-likeness (QED) is 0.631. The minimum Gasteiger partial charge on any atom is -0.440 e. The van der Waals surface area contributed by atoms with Crippen LogP contribution in [0.2, 0.25) is 5.02 Å². The summed E-state index contributed by atoms with van der Waals surface area (Å²) >= 11 is 5.88. The van der Waals surface area contributed by atoms with Crippen molar-refractivity contribution in [2.45, 2.75) is 32.6 Å². The molecule has 0 aliphatic rings. The van der Waals surface area contributed by atoms with E-state index in [4.69, 9.17) is 16.0 Å². The largest absolute Gasteiger partial charge is 0.440 e. The number of fused-ring (bicyclic) bond motifs is 1. The number of carbonyl (C=O) groups excluding carboxylic acids is 1. The molecule has 0 atom stereocenters. The standard InChI is InChI=1S/C20H21ClN2O2/c1-13(2)20-22-17-12-16(9-10-18(17)25-20)23(3)19(24)11-6-14-4-7-15(21)8-5-14/h4-5,7-10,12-13H,6,11H2,1-3H3. The molecule has 0 radical (unpaired) electrons. The summed E-state index contributed by atoms with van der Waals surface area (Å²) in [6.07, 6.45) is 1.12. The van der Waals surface area contributed by atoms with Crippen molar-refractivity contribution in [1.29, 1.82) is 0 Å². The molecule has 0 aliphatic heterocycles. The number of benzene rings is 2. The summed E-state index contributed by atoms with van der Waals surface area (Å²) in [6.45, 7) is 4.08. The van der Waals surface area contributed by atoms with Crippen LogP contribution >= 0.6 is 11.6 Å². The van der Waals surface area contributed by atoms with Crippen LogP contribution in [0.3, 0.4) is 0 Å². The molecule has 0 N–H and O–H groups in total. The van der Waals surface area contributed by atoms with Crippen LogP contribution in [-0.2, 0) is 11.2 Å². The summed E-state index contributed by atoms with van der Waals surface area (Å²) in [6, 6.07) is 13.2. The minimum atomic E-state index is 0.0573. The summed E-state index contributed by atoms with van der Waals surface area (Å²) in [5, 5.41) is 0.703. The second-order valence-corrected chi connectivity index (χ2v) is 6.87. The number of halogens is 1. The molecule has 5 heteroatoms. The van der Waals surface area contributed by atoms with Gasteiger partial charge in [-0.2, -0.15) is 0 Å². The number of aromatic nitrogens is 1. The Labute approximate surface area is 152 Å².